The third kappa shape index (κ3) is 5.18. The number of carbonyl (C=O) groups is 2. The number of carbonyl (C=O) groups excluding carboxylic acids is 2. The molecule has 4 unspecified atom stereocenters. The van der Waals surface area contributed by atoms with Crippen LogP contribution >= 0.6 is 0 Å². The van der Waals surface area contributed by atoms with Crippen LogP contribution in [-0.2, 0) is 9.59 Å². The third-order valence-corrected chi connectivity index (χ3v) is 8.61. The number of nitrogens with one attached hydrogen (secondary N) is 3. The number of ether oxygens (including phenoxy) is 1. The first-order chi connectivity index (χ1) is 17.9. The molecular formula is C28H37N5O4. The first-order valence-corrected chi connectivity index (χ1v) is 13.5. The van der Waals surface area contributed by atoms with Gasteiger partial charge in [0, 0.05) is 29.9 Å². The number of aromatic nitrogens is 1. The molecule has 2 amide bonds. The molecule has 198 valence electrons. The molecule has 2 saturated heterocycles. The van der Waals surface area contributed by atoms with Crippen LogP contribution in [0.25, 0.3) is 10.9 Å². The minimum absolute atomic E-state index is 0.0175. The number of likely N-dealkylation sites (tertiary alicyclic amines) is 1. The fourth-order valence-corrected chi connectivity index (χ4v) is 6.66. The lowest BCUT2D eigenvalue weighted by molar-refractivity contribution is -0.131. The van der Waals surface area contributed by atoms with Crippen molar-refractivity contribution in [3.8, 4) is 11.8 Å². The van der Waals surface area contributed by atoms with Crippen molar-refractivity contribution >= 4 is 22.7 Å². The van der Waals surface area contributed by atoms with Crippen LogP contribution in [0.5, 0.6) is 5.75 Å². The van der Waals surface area contributed by atoms with Crippen LogP contribution in [0.1, 0.15) is 69.7 Å². The molecule has 1 aromatic carbocycles. The van der Waals surface area contributed by atoms with Crippen LogP contribution in [0.15, 0.2) is 24.3 Å². The van der Waals surface area contributed by atoms with E-state index in [-0.39, 0.29) is 23.1 Å². The molecule has 9 heteroatoms. The molecule has 5 rings (SSSR count). The zero-order valence-corrected chi connectivity index (χ0v) is 21.5. The molecule has 4 N–H and O–H groups in total. The van der Waals surface area contributed by atoms with Gasteiger partial charge in [0.05, 0.1) is 24.9 Å². The van der Waals surface area contributed by atoms with Gasteiger partial charge in [0.15, 0.2) is 0 Å². The predicted octanol–water partition coefficient (Wildman–Crippen LogP) is 3.12. The summed E-state index contributed by atoms with van der Waals surface area (Å²) in [6.45, 7) is 1.29. The summed E-state index contributed by atoms with van der Waals surface area (Å²) >= 11 is 0. The Kier molecular flexibility index (Phi) is 7.40. The summed E-state index contributed by atoms with van der Waals surface area (Å²) in [5.41, 5.74) is 1.45. The van der Waals surface area contributed by atoms with E-state index >= 15 is 0 Å². The zero-order valence-electron chi connectivity index (χ0n) is 21.5. The fraction of sp³-hybridized carbons (Fsp3) is 0.607. The average Bonchev–Trinajstić information content (AvgIpc) is 3.51. The van der Waals surface area contributed by atoms with E-state index in [4.69, 9.17) is 4.74 Å². The Bertz CT molecular complexity index is 1180. The van der Waals surface area contributed by atoms with Gasteiger partial charge in [-0.05, 0) is 62.1 Å². The quantitative estimate of drug-likeness (QED) is 0.456. The molecule has 1 saturated carbocycles. The van der Waals surface area contributed by atoms with Gasteiger partial charge in [0.25, 0.3) is 0 Å². The van der Waals surface area contributed by atoms with Gasteiger partial charge in [-0.2, -0.15) is 5.26 Å². The molecule has 3 aliphatic rings. The van der Waals surface area contributed by atoms with Crippen LogP contribution in [-0.4, -0.2) is 59.1 Å². The average molecular weight is 508 g/mol. The number of aromatic amines is 1. The van der Waals surface area contributed by atoms with Gasteiger partial charge in [0.1, 0.15) is 18.0 Å². The first kappa shape index (κ1) is 25.6. The van der Waals surface area contributed by atoms with Crippen molar-refractivity contribution in [1.29, 1.82) is 5.26 Å². The van der Waals surface area contributed by atoms with Gasteiger partial charge in [0.2, 0.25) is 11.8 Å². The van der Waals surface area contributed by atoms with Crippen molar-refractivity contribution in [2.45, 2.75) is 76.1 Å². The second-order valence-corrected chi connectivity index (χ2v) is 11.0. The maximum Gasteiger partial charge on any atom is 0.238 e. The van der Waals surface area contributed by atoms with Crippen LogP contribution in [0, 0.1) is 22.7 Å². The minimum Gasteiger partial charge on any atom is -0.496 e. The molecule has 1 aliphatic carbocycles. The highest BCUT2D eigenvalue weighted by atomic mass is 16.5. The fourth-order valence-electron chi connectivity index (χ4n) is 6.66. The van der Waals surface area contributed by atoms with Crippen molar-refractivity contribution < 1.29 is 19.4 Å². The number of hydrogen-bond acceptors (Lipinski definition) is 6. The van der Waals surface area contributed by atoms with Crippen LogP contribution in [0.2, 0.25) is 0 Å². The highest BCUT2D eigenvalue weighted by Crippen LogP contribution is 2.48. The topological polar surface area (TPSA) is 130 Å². The normalized spacial score (nSPS) is 25.4. The molecule has 0 radical (unpaired) electrons. The van der Waals surface area contributed by atoms with Gasteiger partial charge in [-0.3, -0.25) is 14.5 Å². The molecule has 3 heterocycles. The highest BCUT2D eigenvalue weighted by molar-refractivity contribution is 5.87. The van der Waals surface area contributed by atoms with Crippen LogP contribution in [0.4, 0.5) is 0 Å². The van der Waals surface area contributed by atoms with E-state index in [1.54, 1.807) is 7.11 Å². The molecule has 0 bridgehead atoms. The first-order valence-electron chi connectivity index (χ1n) is 13.5. The molecule has 4 atom stereocenters. The Morgan fingerprint density at radius 3 is 2.86 bits per heavy atom. The number of methoxy groups -OCH3 is 1. The van der Waals surface area contributed by atoms with Gasteiger partial charge in [-0.1, -0.05) is 25.3 Å². The van der Waals surface area contributed by atoms with Crippen molar-refractivity contribution in [2.24, 2.45) is 11.3 Å². The number of rotatable bonds is 7. The van der Waals surface area contributed by atoms with Crippen molar-refractivity contribution in [1.82, 2.24) is 20.5 Å². The number of fused-ring (bicyclic) bond motifs is 1. The Labute approximate surface area is 217 Å². The molecule has 2 aromatic rings. The summed E-state index contributed by atoms with van der Waals surface area (Å²) in [7, 11) is 1.62. The number of nitriles is 1. The Balaban J connectivity index is 1.37. The lowest BCUT2D eigenvalue weighted by atomic mass is 9.72. The van der Waals surface area contributed by atoms with E-state index in [1.165, 1.54) is 6.42 Å². The molecule has 1 spiro atoms. The van der Waals surface area contributed by atoms with Crippen molar-refractivity contribution in [2.75, 3.05) is 20.2 Å². The molecule has 1 aromatic heterocycles. The Morgan fingerprint density at radius 2 is 2.14 bits per heavy atom. The lowest BCUT2D eigenvalue weighted by Crippen LogP contribution is -2.49. The number of aliphatic hydroxyl groups excluding tert-OH is 1. The number of amides is 2. The number of H-pyrrole nitrogens is 1. The van der Waals surface area contributed by atoms with Crippen molar-refractivity contribution in [3.05, 3.63) is 30.0 Å². The zero-order chi connectivity index (χ0) is 26.0. The summed E-state index contributed by atoms with van der Waals surface area (Å²) in [6, 6.07) is 8.48. The van der Waals surface area contributed by atoms with Gasteiger partial charge >= 0.3 is 0 Å². The van der Waals surface area contributed by atoms with E-state index in [0.29, 0.717) is 31.6 Å². The summed E-state index contributed by atoms with van der Waals surface area (Å²) < 4.78 is 5.48. The Hall–Kier alpha value is -3.09. The molecular weight excluding hydrogens is 470 g/mol. The number of benzene rings is 1. The standard InChI is InChI=1S/C28H37N5O4/c1-37-24-9-5-8-21-20(24)14-22(32-21)27(36)33-17-28(10-3-2-4-11-28)15-23(33)26(35)31-19(16-29)13-18-7-6-12-30-25(18)34/h5,8-9,14,18-19,23,27,32,36H,2-4,6-7,10-13,15,17H2,1H3,(H,30,34)(H,31,35). The second-order valence-electron chi connectivity index (χ2n) is 11.0. The largest absolute Gasteiger partial charge is 0.496 e. The highest BCUT2D eigenvalue weighted by Gasteiger charge is 2.49. The van der Waals surface area contributed by atoms with Crippen molar-refractivity contribution in [3.63, 3.8) is 0 Å². The monoisotopic (exact) mass is 507 g/mol. The number of nitrogens with zero attached hydrogens (tertiary/aromatic N) is 2. The van der Waals surface area contributed by atoms with E-state index in [9.17, 15) is 20.0 Å². The van der Waals surface area contributed by atoms with Crippen LogP contribution < -0.4 is 15.4 Å². The minimum atomic E-state index is -1.00. The predicted molar refractivity (Wildman–Crippen MR) is 138 cm³/mol. The summed E-state index contributed by atoms with van der Waals surface area (Å²) in [5.74, 6) is 0.150. The maximum absolute atomic E-state index is 13.6. The summed E-state index contributed by atoms with van der Waals surface area (Å²) in [5, 5.41) is 28.0. The lowest BCUT2D eigenvalue weighted by Gasteiger charge is -2.34. The van der Waals surface area contributed by atoms with Gasteiger partial charge in [-0.25, -0.2) is 0 Å². The van der Waals surface area contributed by atoms with E-state index < -0.39 is 18.3 Å². The smallest absolute Gasteiger partial charge is 0.238 e. The van der Waals surface area contributed by atoms with Gasteiger partial charge in [-0.15, -0.1) is 0 Å². The third-order valence-electron chi connectivity index (χ3n) is 8.61. The van der Waals surface area contributed by atoms with E-state index in [0.717, 1.165) is 55.2 Å². The van der Waals surface area contributed by atoms with E-state index in [1.807, 2.05) is 29.2 Å². The molecule has 3 fully saturated rings. The maximum atomic E-state index is 13.6. The Morgan fingerprint density at radius 1 is 1.32 bits per heavy atom. The molecule has 9 nitrogen and oxygen atoms in total. The number of hydrogen-bond donors (Lipinski definition) is 4. The van der Waals surface area contributed by atoms with Crippen LogP contribution in [0.3, 0.4) is 0 Å². The SMILES string of the molecule is COc1cccc2[nH]c(C(O)N3CC4(CCCCC4)CC3C(=O)NC(C#N)CC3CCCNC3=O)cc12. The second kappa shape index (κ2) is 10.7. The molecule has 2 aliphatic heterocycles. The number of aliphatic hydroxyl groups is 1. The molecule has 37 heavy (non-hydrogen) atoms. The summed E-state index contributed by atoms with van der Waals surface area (Å²) in [6.07, 6.45) is 7.07. The van der Waals surface area contributed by atoms with E-state index in [2.05, 4.69) is 21.7 Å². The van der Waals surface area contributed by atoms with Gasteiger partial charge < -0.3 is 25.5 Å². The number of piperidine rings is 1. The summed E-state index contributed by atoms with van der Waals surface area (Å²) in [4.78, 5) is 31.1.